The van der Waals surface area contributed by atoms with E-state index < -0.39 is 5.56 Å². The molecular formula is C21H19N3O3. The first-order valence-corrected chi connectivity index (χ1v) is 8.42. The maximum absolute atomic E-state index is 12.6. The molecule has 6 heteroatoms. The topological polar surface area (TPSA) is 91.5 Å². The molecule has 0 saturated carbocycles. The molecule has 1 aromatic carbocycles. The molecule has 27 heavy (non-hydrogen) atoms. The number of rotatable bonds is 4. The molecule has 2 heterocycles. The van der Waals surface area contributed by atoms with E-state index >= 15 is 0 Å². The Labute approximate surface area is 156 Å². The summed E-state index contributed by atoms with van der Waals surface area (Å²) in [6.07, 6.45) is 2.98. The monoisotopic (exact) mass is 361 g/mol. The van der Waals surface area contributed by atoms with E-state index in [0.717, 1.165) is 21.4 Å². The van der Waals surface area contributed by atoms with Crippen LogP contribution in [0.3, 0.4) is 0 Å². The van der Waals surface area contributed by atoms with Crippen LogP contribution in [0, 0.1) is 32.1 Å². The number of hydrogen-bond donors (Lipinski definition) is 1. The minimum atomic E-state index is -0.562. The van der Waals surface area contributed by atoms with Gasteiger partial charge in [0.05, 0.1) is 24.1 Å². The molecule has 1 N–H and O–H groups in total. The van der Waals surface area contributed by atoms with Crippen LogP contribution < -0.4 is 5.56 Å². The summed E-state index contributed by atoms with van der Waals surface area (Å²) in [6, 6.07) is 11.2. The van der Waals surface area contributed by atoms with Crippen molar-refractivity contribution in [3.05, 3.63) is 80.5 Å². The highest BCUT2D eigenvalue weighted by atomic mass is 16.3. The van der Waals surface area contributed by atoms with Crippen LogP contribution in [0.5, 0.6) is 5.88 Å². The van der Waals surface area contributed by atoms with Crippen molar-refractivity contribution in [1.29, 1.82) is 5.26 Å². The lowest BCUT2D eigenvalue weighted by Gasteiger charge is -2.13. The predicted molar refractivity (Wildman–Crippen MR) is 103 cm³/mol. The van der Waals surface area contributed by atoms with E-state index in [4.69, 9.17) is 4.42 Å². The molecule has 0 radical (unpaired) electrons. The lowest BCUT2D eigenvalue weighted by Crippen LogP contribution is -2.25. The summed E-state index contributed by atoms with van der Waals surface area (Å²) >= 11 is 0. The zero-order valence-electron chi connectivity index (χ0n) is 15.4. The third kappa shape index (κ3) is 3.53. The highest BCUT2D eigenvalue weighted by molar-refractivity contribution is 5.87. The zero-order valence-corrected chi connectivity index (χ0v) is 15.4. The molecule has 0 atom stereocenters. The van der Waals surface area contributed by atoms with Gasteiger partial charge in [-0.1, -0.05) is 12.1 Å². The molecule has 0 fully saturated rings. The van der Waals surface area contributed by atoms with Gasteiger partial charge in [0.15, 0.2) is 0 Å². The van der Waals surface area contributed by atoms with E-state index in [0.29, 0.717) is 16.9 Å². The number of pyridine rings is 1. The summed E-state index contributed by atoms with van der Waals surface area (Å²) in [6.45, 7) is 5.56. The molecule has 0 bridgehead atoms. The number of aromatic hydroxyl groups is 1. The second kappa shape index (κ2) is 7.34. The number of aromatic nitrogens is 1. The van der Waals surface area contributed by atoms with Crippen molar-refractivity contribution in [3.8, 4) is 11.9 Å². The molecule has 0 aliphatic heterocycles. The Bertz CT molecular complexity index is 1120. The largest absolute Gasteiger partial charge is 0.494 e. The molecular weight excluding hydrogens is 342 g/mol. The van der Waals surface area contributed by atoms with Crippen LogP contribution in [0.15, 0.2) is 50.8 Å². The Morgan fingerprint density at radius 2 is 2.07 bits per heavy atom. The van der Waals surface area contributed by atoms with Gasteiger partial charge in [0.25, 0.3) is 5.56 Å². The lowest BCUT2D eigenvalue weighted by molar-refractivity contribution is 0.397. The summed E-state index contributed by atoms with van der Waals surface area (Å²) in [5, 5.41) is 20.1. The number of furan rings is 1. The summed E-state index contributed by atoms with van der Waals surface area (Å²) in [5.74, 6) is 0.250. The molecule has 3 rings (SSSR count). The van der Waals surface area contributed by atoms with Crippen LogP contribution in [0.4, 0.5) is 5.69 Å². The van der Waals surface area contributed by atoms with Gasteiger partial charge in [0.1, 0.15) is 17.4 Å². The molecule has 0 spiro atoms. The van der Waals surface area contributed by atoms with Gasteiger partial charge in [-0.15, -0.1) is 0 Å². The van der Waals surface area contributed by atoms with Crippen molar-refractivity contribution < 1.29 is 9.52 Å². The van der Waals surface area contributed by atoms with E-state index in [1.54, 1.807) is 19.1 Å². The first kappa shape index (κ1) is 18.2. The normalized spacial score (nSPS) is 11.0. The van der Waals surface area contributed by atoms with Gasteiger partial charge in [0.2, 0.25) is 5.88 Å². The average Bonchev–Trinajstić information content (AvgIpc) is 3.15. The number of nitrogens with zero attached hydrogens (tertiary/aromatic N) is 3. The van der Waals surface area contributed by atoms with Gasteiger partial charge in [0, 0.05) is 6.21 Å². The highest BCUT2D eigenvalue weighted by Gasteiger charge is 2.18. The summed E-state index contributed by atoms with van der Waals surface area (Å²) < 4.78 is 6.38. The smallest absolute Gasteiger partial charge is 0.271 e. The van der Waals surface area contributed by atoms with Crippen LogP contribution in [0.25, 0.3) is 0 Å². The first-order valence-electron chi connectivity index (χ1n) is 8.42. The van der Waals surface area contributed by atoms with Crippen molar-refractivity contribution in [1.82, 2.24) is 4.57 Å². The number of benzene rings is 1. The molecule has 136 valence electrons. The van der Waals surface area contributed by atoms with Gasteiger partial charge in [-0.2, -0.15) is 5.26 Å². The molecule has 0 saturated heterocycles. The van der Waals surface area contributed by atoms with E-state index in [-0.39, 0.29) is 18.0 Å². The van der Waals surface area contributed by atoms with Gasteiger partial charge in [-0.25, -0.2) is 0 Å². The predicted octanol–water partition coefficient (Wildman–Crippen LogP) is 3.74. The van der Waals surface area contributed by atoms with E-state index in [2.05, 4.69) is 4.99 Å². The van der Waals surface area contributed by atoms with Crippen molar-refractivity contribution in [2.75, 3.05) is 0 Å². The fourth-order valence-corrected chi connectivity index (χ4v) is 2.82. The van der Waals surface area contributed by atoms with Crippen LogP contribution in [-0.2, 0) is 6.54 Å². The quantitative estimate of drug-likeness (QED) is 0.717. The Morgan fingerprint density at radius 3 is 2.74 bits per heavy atom. The molecule has 3 aromatic rings. The molecule has 6 nitrogen and oxygen atoms in total. The van der Waals surface area contributed by atoms with Crippen molar-refractivity contribution in [2.24, 2.45) is 4.99 Å². The molecule has 0 aliphatic carbocycles. The number of hydrogen-bond acceptors (Lipinski definition) is 5. The lowest BCUT2D eigenvalue weighted by atomic mass is 10.1. The second-order valence-electron chi connectivity index (χ2n) is 6.37. The third-order valence-electron chi connectivity index (χ3n) is 4.44. The molecule has 0 unspecified atom stereocenters. The Kier molecular flexibility index (Phi) is 4.95. The number of aryl methyl sites for hydroxylation is 2. The van der Waals surface area contributed by atoms with Crippen LogP contribution in [-0.4, -0.2) is 15.9 Å². The second-order valence-corrected chi connectivity index (χ2v) is 6.37. The van der Waals surface area contributed by atoms with Crippen LogP contribution >= 0.6 is 0 Å². The SMILES string of the molecule is Cc1ccc(C)c(N=Cc2c(C)c(C#N)c(=O)n(Cc3ccco3)c2O)c1. The maximum atomic E-state index is 12.6. The minimum Gasteiger partial charge on any atom is -0.494 e. The molecule has 2 aromatic heterocycles. The molecule has 0 aliphatic rings. The Balaban J connectivity index is 2.14. The Morgan fingerprint density at radius 1 is 1.30 bits per heavy atom. The van der Waals surface area contributed by atoms with E-state index in [1.165, 1.54) is 12.5 Å². The number of aliphatic imine (C=N–C) groups is 1. The van der Waals surface area contributed by atoms with Crippen LogP contribution in [0.1, 0.15) is 33.6 Å². The van der Waals surface area contributed by atoms with Gasteiger partial charge < -0.3 is 9.52 Å². The summed E-state index contributed by atoms with van der Waals surface area (Å²) in [5.41, 5.74) is 2.95. The Hall–Kier alpha value is -3.59. The molecule has 0 amide bonds. The standard InChI is InChI=1S/C21H19N3O3/c1-13-6-7-14(2)19(9-13)23-11-18-15(3)17(10-22)20(25)24(21(18)26)12-16-5-4-8-27-16/h4-9,11,26H,12H2,1-3H3. The summed E-state index contributed by atoms with van der Waals surface area (Å²) in [7, 11) is 0. The first-order chi connectivity index (χ1) is 12.9. The fraction of sp³-hybridized carbons (Fsp3) is 0.190. The van der Waals surface area contributed by atoms with Gasteiger partial charge in [-0.05, 0) is 55.7 Å². The van der Waals surface area contributed by atoms with E-state index in [9.17, 15) is 15.2 Å². The fourth-order valence-electron chi connectivity index (χ4n) is 2.82. The van der Waals surface area contributed by atoms with E-state index in [1.807, 2.05) is 38.1 Å². The number of nitriles is 1. The third-order valence-corrected chi connectivity index (χ3v) is 4.44. The van der Waals surface area contributed by atoms with Crippen molar-refractivity contribution in [3.63, 3.8) is 0 Å². The van der Waals surface area contributed by atoms with Crippen LogP contribution in [0.2, 0.25) is 0 Å². The highest BCUT2D eigenvalue weighted by Crippen LogP contribution is 2.24. The average molecular weight is 361 g/mol. The maximum Gasteiger partial charge on any atom is 0.271 e. The zero-order chi connectivity index (χ0) is 19.6. The van der Waals surface area contributed by atoms with Gasteiger partial charge >= 0.3 is 0 Å². The van der Waals surface area contributed by atoms with Crippen molar-refractivity contribution in [2.45, 2.75) is 27.3 Å². The van der Waals surface area contributed by atoms with Gasteiger partial charge in [-0.3, -0.25) is 14.4 Å². The minimum absolute atomic E-state index is 0.0247. The van der Waals surface area contributed by atoms with Crippen molar-refractivity contribution >= 4 is 11.9 Å². The summed E-state index contributed by atoms with van der Waals surface area (Å²) in [4.78, 5) is 17.1.